The lowest BCUT2D eigenvalue weighted by atomic mass is 9.75. The fourth-order valence-electron chi connectivity index (χ4n) is 4.07. The molecule has 0 saturated heterocycles. The molecule has 112 valence electrons. The Morgan fingerprint density at radius 2 is 2.19 bits per heavy atom. The highest BCUT2D eigenvalue weighted by atomic mass is 14.9. The molecule has 1 saturated carbocycles. The van der Waals surface area contributed by atoms with Crippen molar-refractivity contribution in [3.05, 3.63) is 42.2 Å². The van der Waals surface area contributed by atoms with Gasteiger partial charge >= 0.3 is 0 Å². The van der Waals surface area contributed by atoms with Gasteiger partial charge in [-0.3, -0.25) is 4.98 Å². The van der Waals surface area contributed by atoms with E-state index in [9.17, 15) is 0 Å². The summed E-state index contributed by atoms with van der Waals surface area (Å²) in [4.78, 5) is 4.35. The fraction of sp³-hybridized carbons (Fsp3) is 0.526. The van der Waals surface area contributed by atoms with Crippen LogP contribution in [0.4, 0.5) is 0 Å². The average molecular weight is 282 g/mol. The zero-order valence-corrected chi connectivity index (χ0v) is 13.4. The maximum atomic E-state index is 4.35. The molecule has 1 aliphatic rings. The number of nitrogens with zero attached hydrogens (tertiary/aromatic N) is 1. The third-order valence-corrected chi connectivity index (χ3v) is 5.22. The largest absolute Gasteiger partial charge is 0.310 e. The molecule has 1 N–H and O–H groups in total. The van der Waals surface area contributed by atoms with E-state index < -0.39 is 0 Å². The molecule has 2 nitrogen and oxygen atoms in total. The fourth-order valence-corrected chi connectivity index (χ4v) is 4.07. The highest BCUT2D eigenvalue weighted by Gasteiger charge is 2.40. The van der Waals surface area contributed by atoms with Gasteiger partial charge in [0.2, 0.25) is 0 Å². The number of hydrogen-bond donors (Lipinski definition) is 1. The van der Waals surface area contributed by atoms with Crippen LogP contribution in [0.3, 0.4) is 0 Å². The lowest BCUT2D eigenvalue weighted by molar-refractivity contribution is 0.200. The molecule has 21 heavy (non-hydrogen) atoms. The first-order valence-corrected chi connectivity index (χ1v) is 8.19. The third kappa shape index (κ3) is 2.69. The molecule has 1 heterocycles. The molecular formula is C19H26N2. The molecule has 2 atom stereocenters. The highest BCUT2D eigenvalue weighted by Crippen LogP contribution is 2.49. The van der Waals surface area contributed by atoms with Gasteiger partial charge in [-0.05, 0) is 47.7 Å². The zero-order valence-electron chi connectivity index (χ0n) is 13.4. The number of fused-ring (bicyclic) bond motifs is 1. The van der Waals surface area contributed by atoms with Crippen LogP contribution in [0.1, 0.15) is 51.6 Å². The van der Waals surface area contributed by atoms with Crippen molar-refractivity contribution >= 4 is 10.8 Å². The van der Waals surface area contributed by atoms with Crippen molar-refractivity contribution in [3.63, 3.8) is 0 Å². The molecule has 1 aromatic carbocycles. The first-order valence-electron chi connectivity index (χ1n) is 8.19. The molecule has 3 rings (SSSR count). The molecule has 1 aromatic heterocycles. The molecule has 0 aliphatic heterocycles. The molecule has 2 heteroatoms. The van der Waals surface area contributed by atoms with Crippen LogP contribution < -0.4 is 5.32 Å². The van der Waals surface area contributed by atoms with Crippen LogP contribution in [0, 0.1) is 11.3 Å². The van der Waals surface area contributed by atoms with Crippen LogP contribution >= 0.6 is 0 Å². The van der Waals surface area contributed by atoms with Gasteiger partial charge in [-0.25, -0.2) is 0 Å². The number of benzene rings is 1. The number of nitrogens with one attached hydrogen (secondary N) is 1. The number of hydrogen-bond acceptors (Lipinski definition) is 2. The Bertz CT molecular complexity index is 612. The Morgan fingerprint density at radius 1 is 1.33 bits per heavy atom. The predicted molar refractivity (Wildman–Crippen MR) is 89.3 cm³/mol. The number of pyridine rings is 1. The smallest absolute Gasteiger partial charge is 0.0360 e. The molecule has 0 amide bonds. The van der Waals surface area contributed by atoms with E-state index in [1.165, 1.54) is 35.6 Å². The van der Waals surface area contributed by atoms with E-state index in [4.69, 9.17) is 0 Å². The molecule has 0 bridgehead atoms. The monoisotopic (exact) mass is 282 g/mol. The van der Waals surface area contributed by atoms with Gasteiger partial charge in [0.1, 0.15) is 0 Å². The van der Waals surface area contributed by atoms with E-state index >= 15 is 0 Å². The normalized spacial score (nSPS) is 22.5. The number of rotatable bonds is 4. The summed E-state index contributed by atoms with van der Waals surface area (Å²) >= 11 is 0. The van der Waals surface area contributed by atoms with Crippen molar-refractivity contribution in [2.45, 2.75) is 46.1 Å². The van der Waals surface area contributed by atoms with E-state index in [0.29, 0.717) is 17.4 Å². The minimum absolute atomic E-state index is 0.414. The summed E-state index contributed by atoms with van der Waals surface area (Å²) in [6.45, 7) is 8.07. The quantitative estimate of drug-likeness (QED) is 0.878. The summed E-state index contributed by atoms with van der Waals surface area (Å²) in [6, 6.07) is 9.20. The molecule has 1 fully saturated rings. The molecule has 2 unspecified atom stereocenters. The minimum Gasteiger partial charge on any atom is -0.310 e. The van der Waals surface area contributed by atoms with Crippen molar-refractivity contribution in [2.75, 3.05) is 6.54 Å². The Labute approximate surface area is 128 Å². The lowest BCUT2D eigenvalue weighted by Gasteiger charge is -2.35. The van der Waals surface area contributed by atoms with Gasteiger partial charge < -0.3 is 5.32 Å². The average Bonchev–Trinajstić information content (AvgIpc) is 2.84. The second-order valence-electron chi connectivity index (χ2n) is 6.97. The van der Waals surface area contributed by atoms with Gasteiger partial charge in [0.25, 0.3) is 0 Å². The third-order valence-electron chi connectivity index (χ3n) is 5.22. The maximum Gasteiger partial charge on any atom is 0.0360 e. The van der Waals surface area contributed by atoms with Gasteiger partial charge in [0.05, 0.1) is 0 Å². The van der Waals surface area contributed by atoms with Gasteiger partial charge in [-0.1, -0.05) is 45.4 Å². The van der Waals surface area contributed by atoms with Crippen LogP contribution in [0.2, 0.25) is 0 Å². The van der Waals surface area contributed by atoms with Crippen LogP contribution in [-0.2, 0) is 0 Å². The second-order valence-corrected chi connectivity index (χ2v) is 6.97. The lowest BCUT2D eigenvalue weighted by Crippen LogP contribution is -2.34. The van der Waals surface area contributed by atoms with Gasteiger partial charge in [-0.15, -0.1) is 0 Å². The number of aromatic nitrogens is 1. The van der Waals surface area contributed by atoms with Crippen LogP contribution in [-0.4, -0.2) is 11.5 Å². The van der Waals surface area contributed by atoms with E-state index in [2.05, 4.69) is 55.3 Å². The van der Waals surface area contributed by atoms with Crippen molar-refractivity contribution < 1.29 is 0 Å². The van der Waals surface area contributed by atoms with E-state index in [0.717, 1.165) is 6.54 Å². The first-order chi connectivity index (χ1) is 10.1. The maximum absolute atomic E-state index is 4.35. The van der Waals surface area contributed by atoms with E-state index in [1.54, 1.807) is 0 Å². The Kier molecular flexibility index (Phi) is 3.99. The Balaban J connectivity index is 2.07. The topological polar surface area (TPSA) is 24.9 Å². The summed E-state index contributed by atoms with van der Waals surface area (Å²) in [5.41, 5.74) is 1.83. The zero-order chi connectivity index (χ0) is 14.9. The summed E-state index contributed by atoms with van der Waals surface area (Å²) in [6.07, 6.45) is 7.91. The van der Waals surface area contributed by atoms with Gasteiger partial charge in [0, 0.05) is 23.8 Å². The van der Waals surface area contributed by atoms with Gasteiger partial charge in [0.15, 0.2) is 0 Å². The molecular weight excluding hydrogens is 256 g/mol. The van der Waals surface area contributed by atoms with E-state index in [1.807, 2.05) is 12.4 Å². The van der Waals surface area contributed by atoms with E-state index in [-0.39, 0.29) is 0 Å². The van der Waals surface area contributed by atoms with Crippen molar-refractivity contribution in [3.8, 4) is 0 Å². The van der Waals surface area contributed by atoms with Crippen LogP contribution in [0.5, 0.6) is 0 Å². The standard InChI is InChI=1S/C19H26N2/c1-4-21-18(17-9-6-11-19(17,2)3)15-8-5-7-14-10-12-20-13-16(14)15/h5,7-8,10,12-13,17-18,21H,4,6,9,11H2,1-3H3. The van der Waals surface area contributed by atoms with Crippen molar-refractivity contribution in [1.29, 1.82) is 0 Å². The van der Waals surface area contributed by atoms with Crippen molar-refractivity contribution in [2.24, 2.45) is 11.3 Å². The highest BCUT2D eigenvalue weighted by molar-refractivity contribution is 5.85. The molecule has 0 radical (unpaired) electrons. The molecule has 0 spiro atoms. The molecule has 1 aliphatic carbocycles. The van der Waals surface area contributed by atoms with Crippen LogP contribution in [0.25, 0.3) is 10.8 Å². The van der Waals surface area contributed by atoms with Crippen LogP contribution in [0.15, 0.2) is 36.7 Å². The Hall–Kier alpha value is -1.41. The van der Waals surface area contributed by atoms with Crippen molar-refractivity contribution in [1.82, 2.24) is 10.3 Å². The minimum atomic E-state index is 0.414. The summed E-state index contributed by atoms with van der Waals surface area (Å²) in [5.74, 6) is 0.697. The SMILES string of the molecule is CCNC(c1cccc2ccncc12)C1CCCC1(C)C. The Morgan fingerprint density at radius 3 is 2.90 bits per heavy atom. The summed E-state index contributed by atoms with van der Waals surface area (Å²) in [5, 5.41) is 6.35. The predicted octanol–water partition coefficient (Wildman–Crippen LogP) is 4.71. The van der Waals surface area contributed by atoms with Gasteiger partial charge in [-0.2, -0.15) is 0 Å². The molecule has 2 aromatic rings. The summed E-state index contributed by atoms with van der Waals surface area (Å²) < 4.78 is 0. The summed E-state index contributed by atoms with van der Waals surface area (Å²) in [7, 11) is 0. The second kappa shape index (κ2) is 5.76. The first kappa shape index (κ1) is 14.5.